The lowest BCUT2D eigenvalue weighted by molar-refractivity contribution is 0.0321. The summed E-state index contributed by atoms with van der Waals surface area (Å²) in [5, 5.41) is 1.02. The van der Waals surface area contributed by atoms with Crippen LogP contribution in [0.3, 0.4) is 0 Å². The van der Waals surface area contributed by atoms with Crippen LogP contribution in [0, 0.1) is 6.92 Å². The Morgan fingerprint density at radius 2 is 1.85 bits per heavy atom. The molecule has 1 fully saturated rings. The van der Waals surface area contributed by atoms with Crippen molar-refractivity contribution in [2.24, 2.45) is 0 Å². The van der Waals surface area contributed by atoms with Crippen LogP contribution >= 0.6 is 0 Å². The highest BCUT2D eigenvalue weighted by molar-refractivity contribution is 5.95. The number of anilines is 1. The zero-order valence-electron chi connectivity index (χ0n) is 19.4. The third-order valence-corrected chi connectivity index (χ3v) is 6.39. The number of nitrogens with one attached hydrogen (secondary N) is 1. The third kappa shape index (κ3) is 4.58. The van der Waals surface area contributed by atoms with Gasteiger partial charge in [-0.1, -0.05) is 48.5 Å². The number of pyridine rings is 1. The fraction of sp³-hybridized carbons (Fsp3) is 0.214. The summed E-state index contributed by atoms with van der Waals surface area (Å²) in [7, 11) is 2.12. The maximum absolute atomic E-state index is 13.0. The Morgan fingerprint density at radius 3 is 2.65 bits per heavy atom. The molecule has 0 atom stereocenters. The van der Waals surface area contributed by atoms with Gasteiger partial charge in [0.25, 0.3) is 5.91 Å². The van der Waals surface area contributed by atoms with Crippen molar-refractivity contribution in [3.63, 3.8) is 0 Å². The molecule has 6 nitrogen and oxygen atoms in total. The monoisotopic (exact) mass is 452 g/mol. The smallest absolute Gasteiger partial charge is 0.253 e. The van der Waals surface area contributed by atoms with E-state index in [1.54, 1.807) is 6.20 Å². The summed E-state index contributed by atoms with van der Waals surface area (Å²) in [6.45, 7) is 4.35. The van der Waals surface area contributed by atoms with Gasteiger partial charge in [0.1, 0.15) is 5.52 Å². The molecule has 6 heteroatoms. The van der Waals surface area contributed by atoms with Crippen molar-refractivity contribution in [3.05, 3.63) is 102 Å². The number of amides is 1. The van der Waals surface area contributed by atoms with E-state index in [-0.39, 0.29) is 5.91 Å². The summed E-state index contributed by atoms with van der Waals surface area (Å²) in [5.74, 6) is 0.724. The highest BCUT2D eigenvalue weighted by Gasteiger charge is 2.33. The third-order valence-electron chi connectivity index (χ3n) is 6.39. The van der Waals surface area contributed by atoms with E-state index in [1.807, 2.05) is 66.4 Å². The minimum Gasteiger partial charge on any atom is -0.380 e. The minimum atomic E-state index is 0.0678. The predicted octanol–water partition coefficient (Wildman–Crippen LogP) is 4.91. The highest BCUT2D eigenvalue weighted by Crippen LogP contribution is 2.25. The lowest BCUT2D eigenvalue weighted by Gasteiger charge is -2.44. The summed E-state index contributed by atoms with van der Waals surface area (Å²) < 4.78 is 0. The second-order valence-electron chi connectivity index (χ2n) is 8.83. The van der Waals surface area contributed by atoms with Gasteiger partial charge in [-0.05, 0) is 55.4 Å². The molecule has 34 heavy (non-hydrogen) atoms. The molecule has 4 aromatic rings. The molecule has 0 radical (unpaired) electrons. The van der Waals surface area contributed by atoms with Gasteiger partial charge in [-0.3, -0.25) is 14.7 Å². The van der Waals surface area contributed by atoms with Gasteiger partial charge in [-0.15, -0.1) is 0 Å². The maximum atomic E-state index is 13.0. The van der Waals surface area contributed by atoms with Crippen molar-refractivity contribution in [2.45, 2.75) is 19.5 Å². The van der Waals surface area contributed by atoms with Gasteiger partial charge in [-0.25, -0.2) is 5.48 Å². The first-order valence-corrected chi connectivity index (χ1v) is 11.5. The first-order valence-electron chi connectivity index (χ1n) is 11.5. The van der Waals surface area contributed by atoms with Crippen LogP contribution in [-0.2, 0) is 6.54 Å². The predicted molar refractivity (Wildman–Crippen MR) is 135 cm³/mol. The first kappa shape index (κ1) is 21.9. The lowest BCUT2D eigenvalue weighted by Crippen LogP contribution is -2.59. The van der Waals surface area contributed by atoms with E-state index in [4.69, 9.17) is 4.84 Å². The summed E-state index contributed by atoms with van der Waals surface area (Å²) >= 11 is 0. The zero-order valence-corrected chi connectivity index (χ0v) is 19.4. The van der Waals surface area contributed by atoms with E-state index < -0.39 is 0 Å². The van der Waals surface area contributed by atoms with Crippen molar-refractivity contribution >= 4 is 22.5 Å². The number of likely N-dealkylation sites (N-methyl/N-ethyl adjacent to an activating group) is 1. The normalized spacial score (nSPS) is 13.7. The molecule has 0 spiro atoms. The van der Waals surface area contributed by atoms with Crippen LogP contribution in [0.1, 0.15) is 21.5 Å². The molecule has 1 N–H and O–H groups in total. The Labute approximate surface area is 199 Å². The molecule has 1 aliphatic rings. The number of likely N-dealkylation sites (tertiary alicyclic amines) is 1. The number of carbonyl (C=O) groups excluding carboxylic acids is 1. The Balaban J connectivity index is 1.18. The van der Waals surface area contributed by atoms with E-state index in [0.717, 1.165) is 41.8 Å². The summed E-state index contributed by atoms with van der Waals surface area (Å²) in [6.07, 6.45) is 1.75. The number of nitrogens with zero attached hydrogens (tertiary/aromatic N) is 3. The number of aromatic nitrogens is 1. The van der Waals surface area contributed by atoms with E-state index in [2.05, 4.69) is 46.7 Å². The second kappa shape index (κ2) is 9.53. The standard InChI is InChI=1S/C28H28N4O2/c1-20-16-23(28(33)32-18-24(19-32)31(2)17-21-8-4-3-5-9-21)13-14-25(20)30-34-26-12-6-10-22-11-7-15-29-27(22)26/h3-16,24,30H,17-19H2,1-2H3. The Kier molecular flexibility index (Phi) is 6.14. The molecule has 3 aromatic carbocycles. The van der Waals surface area contributed by atoms with E-state index in [9.17, 15) is 4.79 Å². The zero-order chi connectivity index (χ0) is 23.5. The van der Waals surface area contributed by atoms with Crippen molar-refractivity contribution in [3.8, 4) is 5.75 Å². The summed E-state index contributed by atoms with van der Waals surface area (Å²) in [5.41, 5.74) is 7.55. The molecule has 5 rings (SSSR count). The topological polar surface area (TPSA) is 57.7 Å². The molecule has 2 heterocycles. The van der Waals surface area contributed by atoms with Gasteiger partial charge in [-0.2, -0.15) is 0 Å². The SMILES string of the molecule is Cc1cc(C(=O)N2CC(N(C)Cc3ccccc3)C2)ccc1NOc1cccc2cccnc12. The van der Waals surface area contributed by atoms with Crippen molar-refractivity contribution in [2.75, 3.05) is 25.6 Å². The van der Waals surface area contributed by atoms with Crippen LogP contribution in [0.15, 0.2) is 85.1 Å². The van der Waals surface area contributed by atoms with E-state index in [0.29, 0.717) is 17.4 Å². The number of benzene rings is 3. The molecular weight excluding hydrogens is 424 g/mol. The van der Waals surface area contributed by atoms with Gasteiger partial charge >= 0.3 is 0 Å². The Bertz CT molecular complexity index is 1300. The quantitative estimate of drug-likeness (QED) is 0.404. The fourth-order valence-electron chi connectivity index (χ4n) is 4.26. The van der Waals surface area contributed by atoms with Gasteiger partial charge in [0.15, 0.2) is 5.75 Å². The fourth-order valence-corrected chi connectivity index (χ4v) is 4.26. The van der Waals surface area contributed by atoms with Gasteiger partial charge in [0.2, 0.25) is 0 Å². The van der Waals surface area contributed by atoms with Crippen LogP contribution in [0.25, 0.3) is 10.9 Å². The molecule has 172 valence electrons. The van der Waals surface area contributed by atoms with Gasteiger partial charge in [0.05, 0.1) is 5.69 Å². The van der Waals surface area contributed by atoms with Crippen LogP contribution in [0.2, 0.25) is 0 Å². The van der Waals surface area contributed by atoms with Gasteiger partial charge in [0, 0.05) is 42.8 Å². The molecule has 1 aromatic heterocycles. The molecule has 0 saturated carbocycles. The summed E-state index contributed by atoms with van der Waals surface area (Å²) in [6, 6.07) is 26.2. The number of carbonyl (C=O) groups is 1. The molecule has 1 saturated heterocycles. The lowest BCUT2D eigenvalue weighted by atomic mass is 10.0. The largest absolute Gasteiger partial charge is 0.380 e. The van der Waals surface area contributed by atoms with Crippen molar-refractivity contribution in [1.82, 2.24) is 14.8 Å². The Hall–Kier alpha value is -3.90. The highest BCUT2D eigenvalue weighted by atomic mass is 16.6. The number of hydrogen-bond donors (Lipinski definition) is 1. The maximum Gasteiger partial charge on any atom is 0.253 e. The summed E-state index contributed by atoms with van der Waals surface area (Å²) in [4.78, 5) is 27.5. The number of aryl methyl sites for hydroxylation is 1. The van der Waals surface area contributed by atoms with Crippen molar-refractivity contribution < 1.29 is 9.63 Å². The molecule has 1 amide bonds. The van der Waals surface area contributed by atoms with E-state index >= 15 is 0 Å². The number of fused-ring (bicyclic) bond motifs is 1. The van der Waals surface area contributed by atoms with Crippen LogP contribution in [0.5, 0.6) is 5.75 Å². The van der Waals surface area contributed by atoms with Gasteiger partial charge < -0.3 is 9.74 Å². The molecule has 0 aliphatic carbocycles. The van der Waals surface area contributed by atoms with Crippen LogP contribution in [0.4, 0.5) is 5.69 Å². The second-order valence-corrected chi connectivity index (χ2v) is 8.83. The molecule has 1 aliphatic heterocycles. The van der Waals surface area contributed by atoms with Crippen LogP contribution < -0.4 is 10.3 Å². The van der Waals surface area contributed by atoms with E-state index in [1.165, 1.54) is 5.56 Å². The number of hydrogen-bond acceptors (Lipinski definition) is 5. The minimum absolute atomic E-state index is 0.0678. The molecular formula is C28H28N4O2. The average Bonchev–Trinajstić information content (AvgIpc) is 2.83. The first-order chi connectivity index (χ1) is 16.6. The van der Waals surface area contributed by atoms with Crippen LogP contribution in [-0.4, -0.2) is 46.9 Å². The molecule has 0 unspecified atom stereocenters. The van der Waals surface area contributed by atoms with Crippen molar-refractivity contribution in [1.29, 1.82) is 0 Å². The average molecular weight is 453 g/mol. The number of para-hydroxylation sites is 1. The number of rotatable bonds is 7. The molecule has 0 bridgehead atoms. The Morgan fingerprint density at radius 1 is 1.06 bits per heavy atom.